The largest absolute Gasteiger partial charge is 0.457 e. The Morgan fingerprint density at radius 2 is 1.38 bits per heavy atom. The van der Waals surface area contributed by atoms with E-state index in [2.05, 4.69) is 18.7 Å². The Bertz CT molecular complexity index is 132. The second-order valence-electron chi connectivity index (χ2n) is 0.680. The van der Waals surface area contributed by atoms with Gasteiger partial charge in [-0.3, -0.25) is 0 Å². The minimum absolute atomic E-state index is 0. The molecule has 1 saturated heterocycles. The highest BCUT2D eigenvalue weighted by Gasteiger charge is 2.23. The zero-order valence-corrected chi connectivity index (χ0v) is 4.38. The molecule has 7 nitrogen and oxygen atoms in total. The first-order valence-corrected chi connectivity index (χ1v) is 2.50. The van der Waals surface area contributed by atoms with Gasteiger partial charge in [0.2, 0.25) is 0 Å². The summed E-state index contributed by atoms with van der Waals surface area (Å²) >= 11 is 0. The molecule has 50 valence electrons. The van der Waals surface area contributed by atoms with Gasteiger partial charge in [-0.2, -0.15) is 8.42 Å². The third kappa shape index (κ3) is 1.69. The van der Waals surface area contributed by atoms with E-state index >= 15 is 0 Å². The first kappa shape index (κ1) is 7.75. The van der Waals surface area contributed by atoms with Crippen LogP contribution in [0.4, 0.5) is 0 Å². The molecule has 0 saturated carbocycles. The summed E-state index contributed by atoms with van der Waals surface area (Å²) in [6, 6.07) is 0. The van der Waals surface area contributed by atoms with Gasteiger partial charge in [0.05, 0.1) is 0 Å². The van der Waals surface area contributed by atoms with Crippen LogP contribution in [-0.4, -0.2) is 8.42 Å². The SMILES string of the molecule is N.O=S1(=O)OOOO1. The first-order chi connectivity index (χ1) is 3.21. The fraction of sp³-hybridized carbons (Fsp3) is 0. The molecule has 0 aliphatic carbocycles. The Balaban J connectivity index is 0.000000490. The smallest absolute Gasteiger partial charge is 0.344 e. The van der Waals surface area contributed by atoms with Gasteiger partial charge in [-0.05, 0) is 18.7 Å². The maximum atomic E-state index is 9.74. The molecule has 3 N–H and O–H groups in total. The summed E-state index contributed by atoms with van der Waals surface area (Å²) < 4.78 is 26.2. The molecule has 0 aromatic rings. The van der Waals surface area contributed by atoms with Crippen LogP contribution in [0.25, 0.3) is 0 Å². The van der Waals surface area contributed by atoms with Crippen LogP contribution >= 0.6 is 0 Å². The predicted molar refractivity (Wildman–Crippen MR) is 18.3 cm³/mol. The highest BCUT2D eigenvalue weighted by molar-refractivity contribution is 7.81. The lowest BCUT2D eigenvalue weighted by molar-refractivity contribution is -0.532. The van der Waals surface area contributed by atoms with Gasteiger partial charge in [-0.1, -0.05) is 0 Å². The van der Waals surface area contributed by atoms with Crippen molar-refractivity contribution in [2.45, 2.75) is 0 Å². The fourth-order valence-corrected chi connectivity index (χ4v) is 0.306. The van der Waals surface area contributed by atoms with Crippen LogP contribution in [0.3, 0.4) is 0 Å². The summed E-state index contributed by atoms with van der Waals surface area (Å²) in [6.07, 6.45) is 0. The molecule has 1 rings (SSSR count). The van der Waals surface area contributed by atoms with Gasteiger partial charge in [-0.25, -0.2) is 0 Å². The minimum Gasteiger partial charge on any atom is -0.344 e. The van der Waals surface area contributed by atoms with Crippen LogP contribution in [0.15, 0.2) is 0 Å². The van der Waals surface area contributed by atoms with Crippen LogP contribution in [0.5, 0.6) is 0 Å². The topological polar surface area (TPSA) is 106 Å². The van der Waals surface area contributed by atoms with E-state index in [1.165, 1.54) is 0 Å². The standard InChI is InChI=1S/H3N.O6S/c;1-7(2)5-3-4-6-7/h1H3;. The van der Waals surface area contributed by atoms with Crippen LogP contribution in [0.2, 0.25) is 0 Å². The number of hydrogen-bond donors (Lipinski definition) is 1. The van der Waals surface area contributed by atoms with Crippen molar-refractivity contribution < 1.29 is 27.2 Å². The van der Waals surface area contributed by atoms with Gasteiger partial charge in [0.25, 0.3) is 0 Å². The van der Waals surface area contributed by atoms with Gasteiger partial charge >= 0.3 is 10.4 Å². The van der Waals surface area contributed by atoms with E-state index in [1.807, 2.05) is 0 Å². The van der Waals surface area contributed by atoms with Crippen molar-refractivity contribution in [3.8, 4) is 0 Å². The lowest BCUT2D eigenvalue weighted by Gasteiger charge is -1.72. The van der Waals surface area contributed by atoms with E-state index in [0.717, 1.165) is 0 Å². The Morgan fingerprint density at radius 1 is 1.00 bits per heavy atom. The van der Waals surface area contributed by atoms with Gasteiger partial charge < -0.3 is 6.15 Å². The van der Waals surface area contributed by atoms with Gasteiger partial charge in [0, 0.05) is 0 Å². The zero-order chi connectivity index (χ0) is 5.33. The Hall–Kier alpha value is -0.250. The average molecular weight is 145 g/mol. The number of rotatable bonds is 0. The molecule has 1 aliphatic rings. The van der Waals surface area contributed by atoms with Gasteiger partial charge in [0.15, 0.2) is 0 Å². The molecule has 0 bridgehead atoms. The zero-order valence-electron chi connectivity index (χ0n) is 3.56. The van der Waals surface area contributed by atoms with E-state index in [4.69, 9.17) is 0 Å². The normalized spacial score (nSPS) is 24.5. The molecule has 8 heavy (non-hydrogen) atoms. The maximum Gasteiger partial charge on any atom is 0.457 e. The van der Waals surface area contributed by atoms with Crippen LogP contribution in [-0.2, 0) is 29.1 Å². The quantitative estimate of drug-likeness (QED) is 0.445. The average Bonchev–Trinajstić information content (AvgIpc) is 1.84. The Morgan fingerprint density at radius 3 is 1.50 bits per heavy atom. The minimum atomic E-state index is -3.99. The fourth-order valence-electron chi connectivity index (χ4n) is 0.102. The highest BCUT2D eigenvalue weighted by atomic mass is 32.3. The molecule has 0 radical (unpaired) electrons. The molecule has 0 atom stereocenters. The molecule has 0 spiro atoms. The van der Waals surface area contributed by atoms with Crippen LogP contribution < -0.4 is 6.15 Å². The molecule has 0 aromatic carbocycles. The van der Waals surface area contributed by atoms with Crippen LogP contribution in [0.1, 0.15) is 0 Å². The van der Waals surface area contributed by atoms with E-state index in [0.29, 0.717) is 0 Å². The van der Waals surface area contributed by atoms with E-state index in [9.17, 15) is 8.42 Å². The summed E-state index contributed by atoms with van der Waals surface area (Å²) in [6.45, 7) is 0. The summed E-state index contributed by atoms with van der Waals surface area (Å²) in [7, 11) is -3.99. The van der Waals surface area contributed by atoms with Crippen molar-refractivity contribution in [1.82, 2.24) is 6.15 Å². The lowest BCUT2D eigenvalue weighted by Crippen LogP contribution is -1.94. The second-order valence-corrected chi connectivity index (χ2v) is 1.77. The van der Waals surface area contributed by atoms with E-state index in [1.54, 1.807) is 0 Å². The third-order valence-corrected chi connectivity index (χ3v) is 0.694. The van der Waals surface area contributed by atoms with Gasteiger partial charge in [-0.15, -0.1) is 0 Å². The van der Waals surface area contributed by atoms with Crippen molar-refractivity contribution in [3.63, 3.8) is 0 Å². The second kappa shape index (κ2) is 2.35. The summed E-state index contributed by atoms with van der Waals surface area (Å²) in [4.78, 5) is 0. The lowest BCUT2D eigenvalue weighted by atomic mass is 14.0. The molecule has 8 heteroatoms. The predicted octanol–water partition coefficient (Wildman–Crippen LogP) is -0.782. The molecule has 1 fully saturated rings. The van der Waals surface area contributed by atoms with E-state index in [-0.39, 0.29) is 6.15 Å². The third-order valence-electron chi connectivity index (χ3n) is 0.250. The van der Waals surface area contributed by atoms with Crippen molar-refractivity contribution in [1.29, 1.82) is 0 Å². The molecule has 0 amide bonds. The molecular formula is H3NO6S. The van der Waals surface area contributed by atoms with E-state index < -0.39 is 10.4 Å². The molecule has 1 heterocycles. The molecular weight excluding hydrogens is 142 g/mol. The summed E-state index contributed by atoms with van der Waals surface area (Å²) in [5, 5.41) is 6.70. The van der Waals surface area contributed by atoms with Crippen molar-refractivity contribution in [2.75, 3.05) is 0 Å². The van der Waals surface area contributed by atoms with Crippen molar-refractivity contribution in [3.05, 3.63) is 0 Å². The molecule has 0 aromatic heterocycles. The van der Waals surface area contributed by atoms with Crippen molar-refractivity contribution >= 4 is 10.4 Å². The maximum absolute atomic E-state index is 9.74. The monoisotopic (exact) mass is 145 g/mol. The van der Waals surface area contributed by atoms with Crippen molar-refractivity contribution in [2.24, 2.45) is 0 Å². The first-order valence-electron chi connectivity index (χ1n) is 1.17. The molecule has 0 unspecified atom stereocenters. The summed E-state index contributed by atoms with van der Waals surface area (Å²) in [5.41, 5.74) is 0. The van der Waals surface area contributed by atoms with Crippen LogP contribution in [0, 0.1) is 0 Å². The summed E-state index contributed by atoms with van der Waals surface area (Å²) in [5.74, 6) is 0. The molecule has 1 aliphatic heterocycles. The number of hydrogen-bond acceptors (Lipinski definition) is 7. The highest BCUT2D eigenvalue weighted by Crippen LogP contribution is 2.05. The Kier molecular flexibility index (Phi) is 2.27. The van der Waals surface area contributed by atoms with Gasteiger partial charge in [0.1, 0.15) is 0 Å². The Labute approximate surface area is 44.8 Å².